The Bertz CT molecular complexity index is 524. The summed E-state index contributed by atoms with van der Waals surface area (Å²) in [4.78, 5) is 25.3. The lowest BCUT2D eigenvalue weighted by Crippen LogP contribution is -2.46. The van der Waals surface area contributed by atoms with Gasteiger partial charge in [-0.3, -0.25) is 9.59 Å². The number of nitrogen functional groups attached to an aromatic ring is 1. The van der Waals surface area contributed by atoms with Gasteiger partial charge in [-0.2, -0.15) is 0 Å². The van der Waals surface area contributed by atoms with E-state index in [-0.39, 0.29) is 23.9 Å². The summed E-state index contributed by atoms with van der Waals surface area (Å²) < 4.78 is 0. The Labute approximate surface area is 124 Å². The second-order valence-electron chi connectivity index (χ2n) is 5.70. The molecule has 0 radical (unpaired) electrons. The molecule has 5 nitrogen and oxygen atoms in total. The lowest BCUT2D eigenvalue weighted by atomic mass is 10.1. The van der Waals surface area contributed by atoms with E-state index in [1.807, 2.05) is 20.8 Å². The predicted molar refractivity (Wildman–Crippen MR) is 80.7 cm³/mol. The molecule has 0 aliphatic carbocycles. The Morgan fingerprint density at radius 1 is 1.35 bits per heavy atom. The van der Waals surface area contributed by atoms with Crippen LogP contribution < -0.4 is 11.1 Å². The van der Waals surface area contributed by atoms with Crippen LogP contribution >= 0.6 is 11.6 Å². The number of anilines is 1. The van der Waals surface area contributed by atoms with Crippen molar-refractivity contribution in [3.63, 3.8) is 0 Å². The molecule has 0 aromatic heterocycles. The summed E-state index contributed by atoms with van der Waals surface area (Å²) in [6.45, 7) is 5.63. The quantitative estimate of drug-likeness (QED) is 0.837. The van der Waals surface area contributed by atoms with Crippen LogP contribution in [-0.4, -0.2) is 35.8 Å². The maximum absolute atomic E-state index is 12.2. The summed E-state index contributed by atoms with van der Waals surface area (Å²) in [5.74, 6) is -0.493. The number of amides is 2. The highest BCUT2D eigenvalue weighted by Gasteiger charge is 2.19. The first-order valence-electron chi connectivity index (χ1n) is 6.21. The van der Waals surface area contributed by atoms with E-state index in [0.717, 1.165) is 0 Å². The second kappa shape index (κ2) is 6.13. The molecule has 1 aromatic rings. The second-order valence-corrected chi connectivity index (χ2v) is 6.10. The number of nitrogens with zero attached hydrogens (tertiary/aromatic N) is 1. The molecule has 1 aromatic carbocycles. The van der Waals surface area contributed by atoms with Crippen LogP contribution in [0, 0.1) is 0 Å². The lowest BCUT2D eigenvalue weighted by molar-refractivity contribution is -0.122. The van der Waals surface area contributed by atoms with Crippen molar-refractivity contribution in [3.8, 4) is 0 Å². The number of hydrogen-bond donors (Lipinski definition) is 2. The molecular weight excluding hydrogens is 278 g/mol. The fraction of sp³-hybridized carbons (Fsp3) is 0.429. The van der Waals surface area contributed by atoms with Gasteiger partial charge in [0.2, 0.25) is 5.91 Å². The highest BCUT2D eigenvalue weighted by molar-refractivity contribution is 6.33. The fourth-order valence-electron chi connectivity index (χ4n) is 1.64. The van der Waals surface area contributed by atoms with Crippen molar-refractivity contribution in [3.05, 3.63) is 28.8 Å². The van der Waals surface area contributed by atoms with Crippen LogP contribution in [0.2, 0.25) is 5.02 Å². The molecule has 0 heterocycles. The molecule has 2 amide bonds. The summed E-state index contributed by atoms with van der Waals surface area (Å²) in [5.41, 5.74) is 6.07. The summed E-state index contributed by atoms with van der Waals surface area (Å²) in [6, 6.07) is 4.65. The number of nitrogens with one attached hydrogen (secondary N) is 1. The minimum atomic E-state index is -0.328. The van der Waals surface area contributed by atoms with E-state index >= 15 is 0 Å². The number of benzene rings is 1. The molecule has 0 atom stereocenters. The van der Waals surface area contributed by atoms with E-state index < -0.39 is 0 Å². The van der Waals surface area contributed by atoms with E-state index in [1.54, 1.807) is 19.2 Å². The molecule has 6 heteroatoms. The van der Waals surface area contributed by atoms with Gasteiger partial charge in [0.05, 0.1) is 17.3 Å². The normalized spacial score (nSPS) is 11.1. The maximum atomic E-state index is 12.2. The molecule has 20 heavy (non-hydrogen) atoms. The van der Waals surface area contributed by atoms with Gasteiger partial charge in [0, 0.05) is 18.2 Å². The van der Waals surface area contributed by atoms with Crippen molar-refractivity contribution < 1.29 is 9.59 Å². The Morgan fingerprint density at radius 2 is 1.95 bits per heavy atom. The topological polar surface area (TPSA) is 75.4 Å². The molecule has 0 aliphatic rings. The standard InChI is InChI=1S/C14H20ClN3O2/c1-14(2,3)17-12(19)8-18(4)13(20)9-5-6-10(15)11(16)7-9/h5-7H,8,16H2,1-4H3,(H,17,19). The fourth-order valence-corrected chi connectivity index (χ4v) is 1.76. The highest BCUT2D eigenvalue weighted by atomic mass is 35.5. The van der Waals surface area contributed by atoms with Gasteiger partial charge < -0.3 is 16.0 Å². The largest absolute Gasteiger partial charge is 0.398 e. The molecular formula is C14H20ClN3O2. The Kier molecular flexibility index (Phi) is 5.00. The van der Waals surface area contributed by atoms with Crippen LogP contribution in [0.5, 0.6) is 0 Å². The minimum Gasteiger partial charge on any atom is -0.398 e. The summed E-state index contributed by atoms with van der Waals surface area (Å²) in [6.07, 6.45) is 0. The smallest absolute Gasteiger partial charge is 0.254 e. The van der Waals surface area contributed by atoms with E-state index in [2.05, 4.69) is 5.32 Å². The molecule has 1 rings (SSSR count). The highest BCUT2D eigenvalue weighted by Crippen LogP contribution is 2.20. The summed E-state index contributed by atoms with van der Waals surface area (Å²) >= 11 is 5.81. The van der Waals surface area contributed by atoms with Crippen molar-refractivity contribution in [2.24, 2.45) is 0 Å². The molecule has 0 aliphatic heterocycles. The third-order valence-electron chi connectivity index (χ3n) is 2.48. The van der Waals surface area contributed by atoms with Gasteiger partial charge in [0.1, 0.15) is 0 Å². The predicted octanol–water partition coefficient (Wildman–Crippen LogP) is 1.91. The molecule has 110 valence electrons. The van der Waals surface area contributed by atoms with Crippen LogP contribution in [0.3, 0.4) is 0 Å². The van der Waals surface area contributed by atoms with Gasteiger partial charge in [-0.15, -0.1) is 0 Å². The number of rotatable bonds is 3. The average molecular weight is 298 g/mol. The number of hydrogen-bond acceptors (Lipinski definition) is 3. The van der Waals surface area contributed by atoms with Crippen LogP contribution in [0.25, 0.3) is 0 Å². The van der Waals surface area contributed by atoms with Gasteiger partial charge in [-0.05, 0) is 39.0 Å². The Hall–Kier alpha value is -1.75. The molecule has 0 fully saturated rings. The van der Waals surface area contributed by atoms with E-state index in [4.69, 9.17) is 17.3 Å². The maximum Gasteiger partial charge on any atom is 0.254 e. The molecule has 0 unspecified atom stereocenters. The van der Waals surface area contributed by atoms with Gasteiger partial charge in [-0.1, -0.05) is 11.6 Å². The zero-order chi connectivity index (χ0) is 15.5. The number of halogens is 1. The molecule has 0 saturated heterocycles. The van der Waals surface area contributed by atoms with Gasteiger partial charge in [-0.25, -0.2) is 0 Å². The first-order valence-corrected chi connectivity index (χ1v) is 6.59. The van der Waals surface area contributed by atoms with E-state index in [1.165, 1.54) is 11.0 Å². The Balaban J connectivity index is 2.72. The van der Waals surface area contributed by atoms with Crippen LogP contribution in [0.4, 0.5) is 5.69 Å². The lowest BCUT2D eigenvalue weighted by Gasteiger charge is -2.23. The van der Waals surface area contributed by atoms with Crippen molar-refractivity contribution in [1.82, 2.24) is 10.2 Å². The van der Waals surface area contributed by atoms with Crippen LogP contribution in [-0.2, 0) is 4.79 Å². The monoisotopic (exact) mass is 297 g/mol. The van der Waals surface area contributed by atoms with Crippen molar-refractivity contribution >= 4 is 29.1 Å². The third kappa shape index (κ3) is 4.74. The van der Waals surface area contributed by atoms with Crippen molar-refractivity contribution in [2.45, 2.75) is 26.3 Å². The summed E-state index contributed by atoms with van der Waals surface area (Å²) in [5, 5.41) is 3.20. The number of nitrogens with two attached hydrogens (primary N) is 1. The van der Waals surface area contributed by atoms with Gasteiger partial charge in [0.15, 0.2) is 0 Å². The first kappa shape index (κ1) is 16.3. The van der Waals surface area contributed by atoms with Crippen molar-refractivity contribution in [1.29, 1.82) is 0 Å². The van der Waals surface area contributed by atoms with E-state index in [0.29, 0.717) is 16.3 Å². The number of likely N-dealkylation sites (N-methyl/N-ethyl adjacent to an activating group) is 1. The summed E-state index contributed by atoms with van der Waals surface area (Å²) in [7, 11) is 1.56. The molecule has 0 bridgehead atoms. The third-order valence-corrected chi connectivity index (χ3v) is 2.83. The average Bonchev–Trinajstić information content (AvgIpc) is 2.29. The van der Waals surface area contributed by atoms with Crippen molar-refractivity contribution in [2.75, 3.05) is 19.3 Å². The van der Waals surface area contributed by atoms with Crippen LogP contribution in [0.15, 0.2) is 18.2 Å². The Morgan fingerprint density at radius 3 is 2.45 bits per heavy atom. The zero-order valence-electron chi connectivity index (χ0n) is 12.2. The first-order chi connectivity index (χ1) is 9.10. The SMILES string of the molecule is CN(CC(=O)NC(C)(C)C)C(=O)c1ccc(Cl)c(N)c1. The zero-order valence-corrected chi connectivity index (χ0v) is 12.9. The van der Waals surface area contributed by atoms with E-state index in [9.17, 15) is 9.59 Å². The van der Waals surface area contributed by atoms with Gasteiger partial charge in [0.25, 0.3) is 5.91 Å². The molecule has 0 spiro atoms. The molecule has 0 saturated carbocycles. The van der Waals surface area contributed by atoms with Gasteiger partial charge >= 0.3 is 0 Å². The number of carbonyl (C=O) groups is 2. The number of carbonyl (C=O) groups excluding carboxylic acids is 2. The van der Waals surface area contributed by atoms with Crippen LogP contribution in [0.1, 0.15) is 31.1 Å². The minimum absolute atomic E-state index is 0.0152. The molecule has 3 N–H and O–H groups in total.